The number of primary amides is 1. The van der Waals surface area contributed by atoms with Crippen molar-refractivity contribution in [3.8, 4) is 21.7 Å². The molecule has 1 amide bonds. The van der Waals surface area contributed by atoms with Gasteiger partial charge in [-0.25, -0.2) is 4.98 Å². The Hall–Kier alpha value is -3.18. The SMILES string of the molecule is NC(=O)[C@@H]1CCCN1Cc1ccc(-c2cnc3ccc(-c4cn[nH]c4C(F)(F)F)cn23)s1. The number of nitrogens with zero attached hydrogens (tertiary/aromatic N) is 4. The van der Waals surface area contributed by atoms with Gasteiger partial charge in [-0.2, -0.15) is 18.3 Å². The molecule has 0 radical (unpaired) electrons. The summed E-state index contributed by atoms with van der Waals surface area (Å²) in [6.45, 7) is 1.45. The molecule has 1 saturated heterocycles. The second kappa shape index (κ2) is 7.75. The number of nitrogens with two attached hydrogens (primary N) is 1. The summed E-state index contributed by atoms with van der Waals surface area (Å²) in [7, 11) is 0. The number of rotatable bonds is 5. The third kappa shape index (κ3) is 3.67. The van der Waals surface area contributed by atoms with E-state index in [2.05, 4.69) is 15.0 Å². The number of aromatic nitrogens is 4. The summed E-state index contributed by atoms with van der Waals surface area (Å²) in [6.07, 6.45) is 1.71. The Labute approximate surface area is 184 Å². The number of hydrogen-bond acceptors (Lipinski definition) is 5. The molecule has 5 rings (SSSR count). The van der Waals surface area contributed by atoms with Crippen LogP contribution in [0.3, 0.4) is 0 Å². The van der Waals surface area contributed by atoms with Gasteiger partial charge in [0.2, 0.25) is 5.91 Å². The first kappa shape index (κ1) is 20.7. The molecule has 32 heavy (non-hydrogen) atoms. The van der Waals surface area contributed by atoms with Crippen LogP contribution >= 0.6 is 11.3 Å². The molecule has 0 bridgehead atoms. The second-order valence-electron chi connectivity index (χ2n) is 7.74. The number of thiophene rings is 1. The number of halogens is 3. The van der Waals surface area contributed by atoms with Crippen LogP contribution in [0.4, 0.5) is 13.2 Å². The molecule has 5 heterocycles. The normalized spacial score (nSPS) is 17.4. The van der Waals surface area contributed by atoms with Gasteiger partial charge in [-0.15, -0.1) is 11.3 Å². The van der Waals surface area contributed by atoms with E-state index in [4.69, 9.17) is 5.73 Å². The minimum absolute atomic E-state index is 0.0163. The van der Waals surface area contributed by atoms with Crippen molar-refractivity contribution in [2.75, 3.05) is 6.54 Å². The number of H-pyrrole nitrogens is 1. The quantitative estimate of drug-likeness (QED) is 0.472. The lowest BCUT2D eigenvalue weighted by atomic mass is 10.1. The molecule has 1 atom stereocenters. The van der Waals surface area contributed by atoms with E-state index in [1.165, 1.54) is 6.20 Å². The molecule has 0 aliphatic carbocycles. The number of nitrogens with one attached hydrogen (secondary N) is 1. The van der Waals surface area contributed by atoms with E-state index >= 15 is 0 Å². The number of pyridine rings is 1. The third-order valence-electron chi connectivity index (χ3n) is 5.70. The Kier molecular flexibility index (Phi) is 5.01. The molecule has 11 heteroatoms. The maximum absolute atomic E-state index is 13.3. The highest BCUT2D eigenvalue weighted by atomic mass is 32.1. The first-order valence-corrected chi connectivity index (χ1v) is 10.8. The molecule has 4 aromatic rings. The van der Waals surface area contributed by atoms with E-state index in [1.54, 1.807) is 40.3 Å². The second-order valence-corrected chi connectivity index (χ2v) is 8.91. The molecule has 0 aromatic carbocycles. The van der Waals surface area contributed by atoms with Gasteiger partial charge in [0.1, 0.15) is 11.3 Å². The zero-order chi connectivity index (χ0) is 22.5. The maximum Gasteiger partial charge on any atom is 0.433 e. The van der Waals surface area contributed by atoms with Gasteiger partial charge in [0.25, 0.3) is 0 Å². The molecule has 3 N–H and O–H groups in total. The highest BCUT2D eigenvalue weighted by Gasteiger charge is 2.36. The molecular weight excluding hydrogens is 441 g/mol. The van der Waals surface area contributed by atoms with E-state index in [1.807, 2.05) is 17.2 Å². The van der Waals surface area contributed by atoms with E-state index in [-0.39, 0.29) is 17.5 Å². The minimum Gasteiger partial charge on any atom is -0.368 e. The van der Waals surface area contributed by atoms with Crippen molar-refractivity contribution in [3.63, 3.8) is 0 Å². The molecule has 0 unspecified atom stereocenters. The average Bonchev–Trinajstić information content (AvgIpc) is 3.52. The number of aromatic amines is 1. The highest BCUT2D eigenvalue weighted by molar-refractivity contribution is 7.15. The molecule has 166 valence electrons. The largest absolute Gasteiger partial charge is 0.433 e. The van der Waals surface area contributed by atoms with Gasteiger partial charge in [0.05, 0.1) is 29.0 Å². The van der Waals surface area contributed by atoms with E-state index in [9.17, 15) is 18.0 Å². The van der Waals surface area contributed by atoms with Crippen molar-refractivity contribution in [1.29, 1.82) is 0 Å². The summed E-state index contributed by atoms with van der Waals surface area (Å²) in [5.74, 6) is -0.300. The fourth-order valence-electron chi connectivity index (χ4n) is 4.18. The van der Waals surface area contributed by atoms with Crippen LogP contribution in [0.5, 0.6) is 0 Å². The maximum atomic E-state index is 13.3. The van der Waals surface area contributed by atoms with Crippen molar-refractivity contribution in [1.82, 2.24) is 24.5 Å². The van der Waals surface area contributed by atoms with Crippen LogP contribution < -0.4 is 5.73 Å². The topological polar surface area (TPSA) is 92.3 Å². The number of likely N-dealkylation sites (tertiary alicyclic amines) is 1. The molecule has 4 aromatic heterocycles. The lowest BCUT2D eigenvalue weighted by Crippen LogP contribution is -2.39. The van der Waals surface area contributed by atoms with Crippen LogP contribution in [0.1, 0.15) is 23.4 Å². The number of imidazole rings is 1. The number of fused-ring (bicyclic) bond motifs is 1. The molecule has 7 nitrogen and oxygen atoms in total. The number of carbonyl (C=O) groups is 1. The minimum atomic E-state index is -4.53. The summed E-state index contributed by atoms with van der Waals surface area (Å²) in [6, 6.07) is 7.00. The van der Waals surface area contributed by atoms with E-state index in [0.29, 0.717) is 17.8 Å². The Morgan fingerprint density at radius 2 is 2.09 bits per heavy atom. The summed E-state index contributed by atoms with van der Waals surface area (Å²) in [4.78, 5) is 20.1. The Bertz CT molecular complexity index is 1290. The van der Waals surface area contributed by atoms with Crippen LogP contribution in [-0.2, 0) is 17.5 Å². The zero-order valence-electron chi connectivity index (χ0n) is 16.8. The molecule has 1 aliphatic heterocycles. The monoisotopic (exact) mass is 460 g/mol. The van der Waals surface area contributed by atoms with Crippen molar-refractivity contribution in [2.24, 2.45) is 5.73 Å². The third-order valence-corrected chi connectivity index (χ3v) is 6.80. The summed E-state index contributed by atoms with van der Waals surface area (Å²) >= 11 is 1.56. The number of amides is 1. The van der Waals surface area contributed by atoms with Crippen LogP contribution in [-0.4, -0.2) is 43.0 Å². The van der Waals surface area contributed by atoms with E-state index in [0.717, 1.165) is 34.8 Å². The lowest BCUT2D eigenvalue weighted by molar-refractivity contribution is -0.140. The number of hydrogen-bond donors (Lipinski definition) is 2. The van der Waals surface area contributed by atoms with Gasteiger partial charge in [-0.3, -0.25) is 19.2 Å². The van der Waals surface area contributed by atoms with Crippen molar-refractivity contribution in [2.45, 2.75) is 31.6 Å². The summed E-state index contributed by atoms with van der Waals surface area (Å²) in [5, 5.41) is 5.62. The highest BCUT2D eigenvalue weighted by Crippen LogP contribution is 2.36. The van der Waals surface area contributed by atoms with Gasteiger partial charge < -0.3 is 5.73 Å². The van der Waals surface area contributed by atoms with Crippen molar-refractivity contribution < 1.29 is 18.0 Å². The lowest BCUT2D eigenvalue weighted by Gasteiger charge is -2.20. The van der Waals surface area contributed by atoms with Crippen LogP contribution in [0.25, 0.3) is 27.3 Å². The van der Waals surface area contributed by atoms with Gasteiger partial charge in [-0.1, -0.05) is 0 Å². The van der Waals surface area contributed by atoms with Crippen LogP contribution in [0.15, 0.2) is 42.9 Å². The molecular formula is C21H19F3N6OS. The molecule has 1 aliphatic rings. The standard InChI is InChI=1S/C21H19F3N6OS/c22-21(23,24)19-14(8-27-28-19)12-3-6-18-26-9-16(30(18)10-12)17-5-4-13(32-17)11-29-7-1-2-15(29)20(25)31/h3-6,8-10,15H,1-2,7,11H2,(H2,25,31)(H,27,28)/t15-/m0/s1. The summed E-state index contributed by atoms with van der Waals surface area (Å²) < 4.78 is 41.7. The zero-order valence-corrected chi connectivity index (χ0v) is 17.6. The van der Waals surface area contributed by atoms with Crippen molar-refractivity contribution >= 4 is 22.9 Å². The molecule has 1 fully saturated rings. The van der Waals surface area contributed by atoms with Gasteiger partial charge in [0, 0.05) is 28.7 Å². The van der Waals surface area contributed by atoms with Gasteiger partial charge in [0.15, 0.2) is 0 Å². The predicted octanol–water partition coefficient (Wildman–Crippen LogP) is 3.92. The van der Waals surface area contributed by atoms with Gasteiger partial charge in [-0.05, 0) is 43.7 Å². The van der Waals surface area contributed by atoms with Crippen LogP contribution in [0.2, 0.25) is 0 Å². The molecule has 0 spiro atoms. The van der Waals surface area contributed by atoms with Crippen LogP contribution in [0, 0.1) is 0 Å². The van der Waals surface area contributed by atoms with E-state index < -0.39 is 11.9 Å². The summed E-state index contributed by atoms with van der Waals surface area (Å²) in [5.41, 5.74) is 6.41. The first-order valence-electron chi connectivity index (χ1n) is 10.0. The van der Waals surface area contributed by atoms with Gasteiger partial charge >= 0.3 is 6.18 Å². The van der Waals surface area contributed by atoms with Crippen molar-refractivity contribution in [3.05, 3.63) is 53.4 Å². The predicted molar refractivity (Wildman–Crippen MR) is 114 cm³/mol. The Morgan fingerprint density at radius 3 is 2.88 bits per heavy atom. The first-order chi connectivity index (χ1) is 15.3. The fourth-order valence-corrected chi connectivity index (χ4v) is 5.22. The molecule has 0 saturated carbocycles. The number of carbonyl (C=O) groups excluding carboxylic acids is 1. The smallest absolute Gasteiger partial charge is 0.368 e. The fraction of sp³-hybridized carbons (Fsp3) is 0.286. The number of alkyl halides is 3. The average molecular weight is 460 g/mol. The Morgan fingerprint density at radius 1 is 1.25 bits per heavy atom. The Balaban J connectivity index is 1.47.